The summed E-state index contributed by atoms with van der Waals surface area (Å²) in [5.41, 5.74) is 8.31. The van der Waals surface area contributed by atoms with Gasteiger partial charge in [-0.2, -0.15) is 5.10 Å². The lowest BCUT2D eigenvalue weighted by Gasteiger charge is -2.08. The summed E-state index contributed by atoms with van der Waals surface area (Å²) in [6.07, 6.45) is 1.81. The smallest absolute Gasteiger partial charge is 0.267 e. The number of carbonyl (C=O) groups is 1. The molecule has 28 heavy (non-hydrogen) atoms. The highest BCUT2D eigenvalue weighted by Gasteiger charge is 2.18. The van der Waals surface area contributed by atoms with Crippen LogP contribution >= 0.6 is 11.3 Å². The number of nitrogens with zero attached hydrogens (tertiary/aromatic N) is 2. The molecular formula is C23H17N3OS. The Balaban J connectivity index is 1.52. The minimum Gasteiger partial charge on any atom is -0.267 e. The van der Waals surface area contributed by atoms with E-state index in [0.717, 1.165) is 45.6 Å². The third-order valence-corrected chi connectivity index (χ3v) is 5.88. The summed E-state index contributed by atoms with van der Waals surface area (Å²) in [4.78, 5) is 18.8. The number of fused-ring (bicyclic) bond motifs is 2. The zero-order chi connectivity index (χ0) is 18.9. The molecule has 5 heteroatoms. The molecular weight excluding hydrogens is 366 g/mol. The molecule has 0 atom stereocenters. The SMILES string of the molecule is O=C(NN=C1CCc2ccccc21)c1cc(-c2cccs2)nc2ccccc12. The van der Waals surface area contributed by atoms with Crippen molar-refractivity contribution in [1.82, 2.24) is 10.4 Å². The van der Waals surface area contributed by atoms with Gasteiger partial charge in [0.15, 0.2) is 0 Å². The van der Waals surface area contributed by atoms with Crippen LogP contribution in [0.15, 0.2) is 77.2 Å². The molecule has 1 amide bonds. The third kappa shape index (κ3) is 3.00. The number of aryl methyl sites for hydroxylation is 1. The van der Waals surface area contributed by atoms with Crippen LogP contribution in [-0.4, -0.2) is 16.6 Å². The first kappa shape index (κ1) is 16.8. The summed E-state index contributed by atoms with van der Waals surface area (Å²) in [5.74, 6) is -0.215. The van der Waals surface area contributed by atoms with Crippen LogP contribution in [0.25, 0.3) is 21.5 Å². The molecule has 0 saturated heterocycles. The van der Waals surface area contributed by atoms with Crippen molar-refractivity contribution in [1.29, 1.82) is 0 Å². The molecule has 1 N–H and O–H groups in total. The maximum absolute atomic E-state index is 13.0. The van der Waals surface area contributed by atoms with Crippen molar-refractivity contribution >= 4 is 33.9 Å². The van der Waals surface area contributed by atoms with Crippen molar-refractivity contribution in [3.8, 4) is 10.6 Å². The quantitative estimate of drug-likeness (QED) is 0.504. The van der Waals surface area contributed by atoms with E-state index >= 15 is 0 Å². The predicted molar refractivity (Wildman–Crippen MR) is 114 cm³/mol. The Morgan fingerprint density at radius 1 is 1.00 bits per heavy atom. The molecule has 0 unspecified atom stereocenters. The van der Waals surface area contributed by atoms with E-state index in [-0.39, 0.29) is 5.91 Å². The van der Waals surface area contributed by atoms with Gasteiger partial charge in [-0.05, 0) is 42.0 Å². The standard InChI is InChI=1S/C23H17N3OS/c27-23(26-25-20-12-11-15-6-1-2-7-16(15)20)18-14-21(22-10-5-13-28-22)24-19-9-4-3-8-17(18)19/h1-10,13-14H,11-12H2,(H,26,27). The Morgan fingerprint density at radius 2 is 1.86 bits per heavy atom. The highest BCUT2D eigenvalue weighted by atomic mass is 32.1. The second-order valence-electron chi connectivity index (χ2n) is 6.71. The number of para-hydroxylation sites is 1. The number of aromatic nitrogens is 1. The first-order valence-electron chi connectivity index (χ1n) is 9.18. The number of carbonyl (C=O) groups excluding carboxylic acids is 1. The van der Waals surface area contributed by atoms with E-state index in [4.69, 9.17) is 4.98 Å². The van der Waals surface area contributed by atoms with Gasteiger partial charge >= 0.3 is 0 Å². The molecule has 0 bridgehead atoms. The molecule has 5 rings (SSSR count). The fraction of sp³-hybridized carbons (Fsp3) is 0.0870. The van der Waals surface area contributed by atoms with Crippen LogP contribution in [0, 0.1) is 0 Å². The van der Waals surface area contributed by atoms with Gasteiger partial charge in [-0.1, -0.05) is 48.5 Å². The average molecular weight is 383 g/mol. The van der Waals surface area contributed by atoms with E-state index in [0.29, 0.717) is 5.56 Å². The molecule has 1 aliphatic carbocycles. The second-order valence-corrected chi connectivity index (χ2v) is 7.65. The number of hydrogen-bond acceptors (Lipinski definition) is 4. The number of hydrazone groups is 1. The fourth-order valence-electron chi connectivity index (χ4n) is 3.62. The Morgan fingerprint density at radius 3 is 2.75 bits per heavy atom. The number of benzene rings is 2. The third-order valence-electron chi connectivity index (χ3n) is 4.99. The largest absolute Gasteiger partial charge is 0.272 e. The molecule has 0 spiro atoms. The normalized spacial score (nSPS) is 14.4. The van der Waals surface area contributed by atoms with E-state index in [1.54, 1.807) is 11.3 Å². The van der Waals surface area contributed by atoms with E-state index in [1.165, 1.54) is 5.56 Å². The number of hydrogen-bond donors (Lipinski definition) is 1. The second kappa shape index (κ2) is 7.02. The first-order valence-corrected chi connectivity index (χ1v) is 10.1. The van der Waals surface area contributed by atoms with Gasteiger partial charge in [-0.15, -0.1) is 11.3 Å². The Labute approximate surface area is 166 Å². The predicted octanol–water partition coefficient (Wildman–Crippen LogP) is 5.04. The molecule has 0 saturated carbocycles. The summed E-state index contributed by atoms with van der Waals surface area (Å²) in [5, 5.41) is 7.27. The van der Waals surface area contributed by atoms with Crippen LogP contribution in [0.1, 0.15) is 27.9 Å². The highest BCUT2D eigenvalue weighted by molar-refractivity contribution is 7.13. The summed E-state index contributed by atoms with van der Waals surface area (Å²) in [6, 6.07) is 21.8. The van der Waals surface area contributed by atoms with Gasteiger partial charge in [0.05, 0.1) is 27.4 Å². The van der Waals surface area contributed by atoms with Crippen molar-refractivity contribution in [2.75, 3.05) is 0 Å². The van der Waals surface area contributed by atoms with Crippen LogP contribution in [0.2, 0.25) is 0 Å². The lowest BCUT2D eigenvalue weighted by molar-refractivity contribution is 0.0956. The van der Waals surface area contributed by atoms with Crippen LogP contribution in [0.5, 0.6) is 0 Å². The maximum atomic E-state index is 13.0. The van der Waals surface area contributed by atoms with E-state index in [9.17, 15) is 4.79 Å². The molecule has 4 nitrogen and oxygen atoms in total. The minimum absolute atomic E-state index is 0.215. The molecule has 2 heterocycles. The molecule has 2 aromatic carbocycles. The van der Waals surface area contributed by atoms with E-state index in [2.05, 4.69) is 22.7 Å². The van der Waals surface area contributed by atoms with Crippen molar-refractivity contribution in [3.63, 3.8) is 0 Å². The number of nitrogens with one attached hydrogen (secondary N) is 1. The van der Waals surface area contributed by atoms with Crippen molar-refractivity contribution < 1.29 is 4.79 Å². The van der Waals surface area contributed by atoms with Crippen molar-refractivity contribution in [2.24, 2.45) is 5.10 Å². The number of rotatable bonds is 3. The fourth-order valence-corrected chi connectivity index (χ4v) is 4.30. The topological polar surface area (TPSA) is 54.4 Å². The molecule has 1 aliphatic rings. The van der Waals surface area contributed by atoms with Gasteiger partial charge < -0.3 is 0 Å². The monoisotopic (exact) mass is 383 g/mol. The summed E-state index contributed by atoms with van der Waals surface area (Å²) in [7, 11) is 0. The van der Waals surface area contributed by atoms with Gasteiger partial charge in [-0.3, -0.25) is 4.79 Å². The summed E-state index contributed by atoms with van der Waals surface area (Å²) >= 11 is 1.61. The first-order chi connectivity index (χ1) is 13.8. The zero-order valence-corrected chi connectivity index (χ0v) is 15.9. The number of pyridine rings is 1. The van der Waals surface area contributed by atoms with Crippen molar-refractivity contribution in [2.45, 2.75) is 12.8 Å². The maximum Gasteiger partial charge on any atom is 0.272 e. The lowest BCUT2D eigenvalue weighted by atomic mass is 10.1. The lowest BCUT2D eigenvalue weighted by Crippen LogP contribution is -2.20. The summed E-state index contributed by atoms with van der Waals surface area (Å²) in [6.45, 7) is 0. The molecule has 4 aromatic rings. The zero-order valence-electron chi connectivity index (χ0n) is 15.1. The van der Waals surface area contributed by atoms with Crippen LogP contribution < -0.4 is 5.43 Å². The molecule has 0 aliphatic heterocycles. The number of amides is 1. The van der Waals surface area contributed by atoms with Gasteiger partial charge in [0.2, 0.25) is 0 Å². The Bertz CT molecular complexity index is 1210. The highest BCUT2D eigenvalue weighted by Crippen LogP contribution is 2.28. The van der Waals surface area contributed by atoms with Crippen LogP contribution in [0.3, 0.4) is 0 Å². The van der Waals surface area contributed by atoms with Crippen LogP contribution in [-0.2, 0) is 6.42 Å². The summed E-state index contributed by atoms with van der Waals surface area (Å²) < 4.78 is 0. The molecule has 2 aromatic heterocycles. The molecule has 0 radical (unpaired) electrons. The molecule has 136 valence electrons. The van der Waals surface area contributed by atoms with Gasteiger partial charge in [0.1, 0.15) is 0 Å². The van der Waals surface area contributed by atoms with Gasteiger partial charge in [0, 0.05) is 10.9 Å². The van der Waals surface area contributed by atoms with E-state index in [1.807, 2.05) is 60.0 Å². The Kier molecular flexibility index (Phi) is 4.22. The van der Waals surface area contributed by atoms with E-state index < -0.39 is 0 Å². The minimum atomic E-state index is -0.215. The molecule has 0 fully saturated rings. The Hall–Kier alpha value is -3.31. The van der Waals surface area contributed by atoms with Crippen LogP contribution in [0.4, 0.5) is 0 Å². The van der Waals surface area contributed by atoms with Crippen molar-refractivity contribution in [3.05, 3.63) is 88.8 Å². The number of thiophene rings is 1. The van der Waals surface area contributed by atoms with Gasteiger partial charge in [-0.25, -0.2) is 10.4 Å². The van der Waals surface area contributed by atoms with Gasteiger partial charge in [0.25, 0.3) is 5.91 Å². The average Bonchev–Trinajstić information content (AvgIpc) is 3.41.